The number of allylic oxidation sites excluding steroid dienone is 1. The van der Waals surface area contributed by atoms with Crippen molar-refractivity contribution in [1.29, 1.82) is 0 Å². The van der Waals surface area contributed by atoms with E-state index < -0.39 is 65.4 Å². The highest BCUT2D eigenvalue weighted by Gasteiger charge is 2.77. The standard InChI is InChI=1S/C39H48BrN3O8/c1-6-9-15-31(45)50-23-29(25-13-11-10-12-14-25)41-36(46)32-33-37(47)43(30(22-44)24(4)8-3)35(39(33)21-28(40)34(32)51-39)38(48)42(20-7-2)26-16-18-27(49-5)19-17-26/h6-7,10-14,16-19,24,28-30,32-35,44H,1-2,8-9,15,20-23H2,3-5H3,(H,41,46)/t24-,28?,29-,30-,32-,33+,34-,35-,39+/m0/s1. The number of nitrogens with one attached hydrogen (secondary N) is 1. The molecule has 3 fully saturated rings. The Kier molecular flexibility index (Phi) is 12.4. The number of anilines is 1. The number of methoxy groups -OCH3 is 1. The molecule has 0 aromatic heterocycles. The van der Waals surface area contributed by atoms with E-state index in [0.29, 0.717) is 30.7 Å². The first-order chi connectivity index (χ1) is 24.6. The smallest absolute Gasteiger partial charge is 0.306 e. The first-order valence-corrected chi connectivity index (χ1v) is 18.4. The molecular formula is C39H48BrN3O8. The average Bonchev–Trinajstić information content (AvgIpc) is 3.74. The maximum absolute atomic E-state index is 15.0. The largest absolute Gasteiger partial charge is 0.497 e. The number of aliphatic hydroxyl groups is 1. The Hall–Kier alpha value is -4.00. The first-order valence-electron chi connectivity index (χ1n) is 17.5. The molecular weight excluding hydrogens is 718 g/mol. The Morgan fingerprint density at radius 3 is 2.47 bits per heavy atom. The Labute approximate surface area is 308 Å². The van der Waals surface area contributed by atoms with Crippen LogP contribution in [-0.4, -0.2) is 89.2 Å². The van der Waals surface area contributed by atoms with E-state index >= 15 is 0 Å². The first kappa shape index (κ1) is 38.2. The average molecular weight is 767 g/mol. The van der Waals surface area contributed by atoms with Gasteiger partial charge in [-0.3, -0.25) is 19.2 Å². The van der Waals surface area contributed by atoms with Gasteiger partial charge in [-0.1, -0.05) is 78.7 Å². The van der Waals surface area contributed by atoms with Crippen LogP contribution in [-0.2, 0) is 28.7 Å². The summed E-state index contributed by atoms with van der Waals surface area (Å²) < 4.78 is 17.7. The van der Waals surface area contributed by atoms with Crippen molar-refractivity contribution in [3.63, 3.8) is 0 Å². The molecule has 3 aliphatic rings. The van der Waals surface area contributed by atoms with E-state index in [1.807, 2.05) is 44.2 Å². The van der Waals surface area contributed by atoms with E-state index in [4.69, 9.17) is 14.2 Å². The molecule has 0 radical (unpaired) electrons. The monoisotopic (exact) mass is 765 g/mol. The number of hydrogen-bond acceptors (Lipinski definition) is 8. The fraction of sp³-hybridized carbons (Fsp3) is 0.487. The molecule has 1 unspecified atom stereocenters. The number of amides is 3. The van der Waals surface area contributed by atoms with E-state index in [2.05, 4.69) is 34.4 Å². The van der Waals surface area contributed by atoms with Crippen molar-refractivity contribution in [1.82, 2.24) is 10.2 Å². The molecule has 274 valence electrons. The molecule has 12 heteroatoms. The predicted molar refractivity (Wildman–Crippen MR) is 196 cm³/mol. The summed E-state index contributed by atoms with van der Waals surface area (Å²) >= 11 is 3.75. The van der Waals surface area contributed by atoms with Gasteiger partial charge in [-0.15, -0.1) is 13.2 Å². The van der Waals surface area contributed by atoms with Crippen LogP contribution < -0.4 is 15.0 Å². The number of fused-ring (bicyclic) bond motifs is 1. The molecule has 2 bridgehead atoms. The highest BCUT2D eigenvalue weighted by Crippen LogP contribution is 2.61. The number of carbonyl (C=O) groups excluding carboxylic acids is 4. The summed E-state index contributed by atoms with van der Waals surface area (Å²) in [5.74, 6) is -3.19. The summed E-state index contributed by atoms with van der Waals surface area (Å²) in [7, 11) is 1.56. The van der Waals surface area contributed by atoms with Gasteiger partial charge in [0.05, 0.1) is 43.7 Å². The third-order valence-corrected chi connectivity index (χ3v) is 11.4. The molecule has 3 aliphatic heterocycles. The fourth-order valence-corrected chi connectivity index (χ4v) is 8.77. The SMILES string of the molecule is C=CCCC(=O)OC[C@H](NC(=O)[C@@H]1[C@H]2O[C@@]3(CC2Br)[C@H](C(=O)N(CC=C)c2ccc(OC)cc2)N([C@@H](CO)[C@@H](C)CC)C(=O)[C@@H]13)c1ccccc1. The molecule has 2 aromatic rings. The third kappa shape index (κ3) is 7.36. The zero-order valence-electron chi connectivity index (χ0n) is 29.4. The summed E-state index contributed by atoms with van der Waals surface area (Å²) in [6.45, 7) is 11.1. The second kappa shape index (κ2) is 16.6. The zero-order valence-corrected chi connectivity index (χ0v) is 31.0. The number of alkyl halides is 1. The van der Waals surface area contributed by atoms with Crippen LogP contribution in [0.15, 0.2) is 79.9 Å². The molecule has 11 nitrogen and oxygen atoms in total. The Bertz CT molecular complexity index is 1590. The molecule has 2 aromatic carbocycles. The van der Waals surface area contributed by atoms with Gasteiger partial charge in [-0.05, 0) is 48.6 Å². The highest BCUT2D eigenvalue weighted by molar-refractivity contribution is 9.09. The van der Waals surface area contributed by atoms with Gasteiger partial charge in [-0.2, -0.15) is 0 Å². The van der Waals surface area contributed by atoms with Crippen molar-refractivity contribution in [2.75, 3.05) is 31.8 Å². The third-order valence-electron chi connectivity index (χ3n) is 10.6. The van der Waals surface area contributed by atoms with Crippen LogP contribution in [0.1, 0.15) is 51.1 Å². The van der Waals surface area contributed by atoms with Gasteiger partial charge < -0.3 is 34.4 Å². The van der Waals surface area contributed by atoms with Gasteiger partial charge in [-0.25, -0.2) is 0 Å². The number of carbonyl (C=O) groups is 4. The summed E-state index contributed by atoms with van der Waals surface area (Å²) in [4.78, 5) is 59.5. The van der Waals surface area contributed by atoms with Crippen LogP contribution in [0.5, 0.6) is 5.75 Å². The molecule has 3 heterocycles. The van der Waals surface area contributed by atoms with Crippen LogP contribution in [0.25, 0.3) is 0 Å². The maximum Gasteiger partial charge on any atom is 0.306 e. The van der Waals surface area contributed by atoms with E-state index in [0.717, 1.165) is 5.56 Å². The summed E-state index contributed by atoms with van der Waals surface area (Å²) in [5.41, 5.74) is -0.0653. The van der Waals surface area contributed by atoms with Crippen molar-refractivity contribution in [2.45, 2.75) is 74.2 Å². The zero-order chi connectivity index (χ0) is 36.9. The molecule has 0 saturated carbocycles. The number of nitrogens with zero attached hydrogens (tertiary/aromatic N) is 2. The number of rotatable bonds is 17. The molecule has 0 aliphatic carbocycles. The summed E-state index contributed by atoms with van der Waals surface area (Å²) in [6.07, 6.45) is 4.10. The van der Waals surface area contributed by atoms with E-state index in [9.17, 15) is 24.3 Å². The molecule has 3 amide bonds. The quantitative estimate of drug-likeness (QED) is 0.134. The number of ether oxygens (including phenoxy) is 3. The Morgan fingerprint density at radius 1 is 1.16 bits per heavy atom. The molecule has 9 atom stereocenters. The van der Waals surface area contributed by atoms with Crippen LogP contribution in [0.3, 0.4) is 0 Å². The number of aliphatic hydroxyl groups excluding tert-OH is 1. The lowest BCUT2D eigenvalue weighted by molar-refractivity contribution is -0.147. The van der Waals surface area contributed by atoms with Crippen molar-refractivity contribution in [3.8, 4) is 5.75 Å². The topological polar surface area (TPSA) is 135 Å². The van der Waals surface area contributed by atoms with E-state index in [1.54, 1.807) is 48.4 Å². The Balaban J connectivity index is 1.53. The second-order valence-electron chi connectivity index (χ2n) is 13.5. The number of likely N-dealkylation sites (tertiary alicyclic amines) is 1. The van der Waals surface area contributed by atoms with Gasteiger partial charge in [0, 0.05) is 23.5 Å². The minimum atomic E-state index is -1.36. The molecule has 3 saturated heterocycles. The van der Waals surface area contributed by atoms with Crippen LogP contribution in [0.4, 0.5) is 5.69 Å². The number of hydrogen-bond donors (Lipinski definition) is 2. The summed E-state index contributed by atoms with van der Waals surface area (Å²) in [6, 6.07) is 13.6. The predicted octanol–water partition coefficient (Wildman–Crippen LogP) is 4.74. The van der Waals surface area contributed by atoms with Crippen LogP contribution in [0, 0.1) is 17.8 Å². The Morgan fingerprint density at radius 2 is 1.86 bits per heavy atom. The van der Waals surface area contributed by atoms with Crippen LogP contribution >= 0.6 is 15.9 Å². The second-order valence-corrected chi connectivity index (χ2v) is 14.6. The van der Waals surface area contributed by atoms with E-state index in [1.165, 1.54) is 4.90 Å². The molecule has 5 rings (SSSR count). The van der Waals surface area contributed by atoms with Crippen molar-refractivity contribution in [2.24, 2.45) is 17.8 Å². The van der Waals surface area contributed by atoms with Gasteiger partial charge >= 0.3 is 5.97 Å². The lowest BCUT2D eigenvalue weighted by Crippen LogP contribution is -2.60. The molecule has 2 N–H and O–H groups in total. The number of halogens is 1. The van der Waals surface area contributed by atoms with E-state index in [-0.39, 0.29) is 36.9 Å². The van der Waals surface area contributed by atoms with Gasteiger partial charge in [0.2, 0.25) is 11.8 Å². The molecule has 51 heavy (non-hydrogen) atoms. The van der Waals surface area contributed by atoms with Gasteiger partial charge in [0.15, 0.2) is 0 Å². The van der Waals surface area contributed by atoms with Crippen molar-refractivity contribution >= 4 is 45.3 Å². The van der Waals surface area contributed by atoms with Crippen LogP contribution in [0.2, 0.25) is 0 Å². The number of benzene rings is 2. The number of esters is 1. The van der Waals surface area contributed by atoms with Crippen molar-refractivity contribution < 1.29 is 38.5 Å². The normalized spacial score (nSPS) is 26.5. The maximum atomic E-state index is 15.0. The minimum absolute atomic E-state index is 0.113. The fourth-order valence-electron chi connectivity index (χ4n) is 7.82. The summed E-state index contributed by atoms with van der Waals surface area (Å²) in [5, 5.41) is 13.8. The lowest BCUT2D eigenvalue weighted by atomic mass is 9.70. The van der Waals surface area contributed by atoms with Gasteiger partial charge in [0.1, 0.15) is 24.0 Å². The minimum Gasteiger partial charge on any atom is -0.497 e. The molecule has 1 spiro atoms. The van der Waals surface area contributed by atoms with Gasteiger partial charge in [0.25, 0.3) is 5.91 Å². The van der Waals surface area contributed by atoms with Crippen molar-refractivity contribution in [3.05, 3.63) is 85.5 Å². The lowest BCUT2D eigenvalue weighted by Gasteiger charge is -2.41. The highest BCUT2D eigenvalue weighted by atomic mass is 79.9.